The molecular weight excluding hydrogens is 271 g/mol. The number of halogens is 1. The smallest absolute Gasteiger partial charge is 0.315 e. The molecule has 0 aliphatic rings. The van der Waals surface area contributed by atoms with Gasteiger partial charge in [-0.1, -0.05) is 31.5 Å². The van der Waals surface area contributed by atoms with Gasteiger partial charge in [-0.3, -0.25) is 0 Å². The van der Waals surface area contributed by atoms with Crippen molar-refractivity contribution in [2.75, 3.05) is 6.61 Å². The Morgan fingerprint density at radius 1 is 1.43 bits per heavy atom. The molecule has 0 bridgehead atoms. The molecule has 2 unspecified atom stereocenters. The van der Waals surface area contributed by atoms with Gasteiger partial charge in [0.1, 0.15) is 5.82 Å². The van der Waals surface area contributed by atoms with Crippen molar-refractivity contribution in [2.45, 2.75) is 51.6 Å². The first-order valence-electron chi connectivity index (χ1n) is 7.33. The molecule has 4 nitrogen and oxygen atoms in total. The van der Waals surface area contributed by atoms with Gasteiger partial charge in [0.25, 0.3) is 0 Å². The van der Waals surface area contributed by atoms with Crippen LogP contribution in [-0.4, -0.2) is 29.3 Å². The number of carbonyl (C=O) groups is 1. The average molecular weight is 296 g/mol. The Balaban J connectivity index is 2.53. The molecule has 0 aromatic heterocycles. The second-order valence-corrected chi connectivity index (χ2v) is 5.76. The predicted octanol–water partition coefficient (Wildman–Crippen LogP) is 2.61. The molecule has 21 heavy (non-hydrogen) atoms. The van der Waals surface area contributed by atoms with Gasteiger partial charge >= 0.3 is 6.03 Å². The lowest BCUT2D eigenvalue weighted by atomic mass is 9.97. The van der Waals surface area contributed by atoms with Crippen molar-refractivity contribution in [3.05, 3.63) is 35.6 Å². The van der Waals surface area contributed by atoms with E-state index >= 15 is 0 Å². The molecule has 0 fully saturated rings. The zero-order chi connectivity index (χ0) is 15.9. The maximum atomic E-state index is 13.6. The van der Waals surface area contributed by atoms with E-state index in [9.17, 15) is 14.3 Å². The molecule has 0 spiro atoms. The van der Waals surface area contributed by atoms with Crippen LogP contribution in [0.25, 0.3) is 0 Å². The molecule has 0 radical (unpaired) electrons. The molecule has 2 amide bonds. The first-order valence-corrected chi connectivity index (χ1v) is 7.33. The molecule has 5 heteroatoms. The van der Waals surface area contributed by atoms with Crippen LogP contribution in [0.15, 0.2) is 24.3 Å². The quantitative estimate of drug-likeness (QED) is 0.724. The summed E-state index contributed by atoms with van der Waals surface area (Å²) >= 11 is 0. The van der Waals surface area contributed by atoms with Gasteiger partial charge in [-0.25, -0.2) is 9.18 Å². The summed E-state index contributed by atoms with van der Waals surface area (Å²) in [6.45, 7) is 5.50. The van der Waals surface area contributed by atoms with E-state index in [1.165, 1.54) is 6.07 Å². The molecule has 0 aliphatic carbocycles. The summed E-state index contributed by atoms with van der Waals surface area (Å²) in [5.41, 5.74) is -0.0555. The van der Waals surface area contributed by atoms with Crippen LogP contribution >= 0.6 is 0 Å². The Kier molecular flexibility index (Phi) is 6.62. The molecule has 3 N–H and O–H groups in total. The van der Waals surface area contributed by atoms with E-state index in [1.54, 1.807) is 25.1 Å². The van der Waals surface area contributed by atoms with Crippen molar-refractivity contribution in [2.24, 2.45) is 0 Å². The van der Waals surface area contributed by atoms with E-state index < -0.39 is 5.54 Å². The van der Waals surface area contributed by atoms with Crippen LogP contribution in [-0.2, 0) is 6.42 Å². The number of benzene rings is 1. The van der Waals surface area contributed by atoms with Crippen LogP contribution in [0, 0.1) is 5.82 Å². The number of aliphatic hydroxyl groups is 1. The number of nitrogens with one attached hydrogen (secondary N) is 2. The van der Waals surface area contributed by atoms with Crippen molar-refractivity contribution >= 4 is 6.03 Å². The molecule has 1 aromatic carbocycles. The maximum absolute atomic E-state index is 13.6. The lowest BCUT2D eigenvalue weighted by Crippen LogP contribution is -2.54. The van der Waals surface area contributed by atoms with E-state index in [1.807, 2.05) is 13.8 Å². The minimum atomic E-state index is -0.628. The standard InChI is InChI=1S/C16H25FN2O2/c1-4-9-16(3,11-20)19-15(21)18-12(2)10-13-7-5-6-8-14(13)17/h5-8,12,20H,4,9-11H2,1-3H3,(H2,18,19,21). The van der Waals surface area contributed by atoms with E-state index in [2.05, 4.69) is 10.6 Å². The summed E-state index contributed by atoms with van der Waals surface area (Å²) in [7, 11) is 0. The molecule has 0 aliphatic heterocycles. The number of aliphatic hydroxyl groups excluding tert-OH is 1. The minimum absolute atomic E-state index is 0.115. The van der Waals surface area contributed by atoms with Crippen LogP contribution in [0.4, 0.5) is 9.18 Å². The fourth-order valence-electron chi connectivity index (χ4n) is 2.31. The van der Waals surface area contributed by atoms with Crippen LogP contribution in [0.1, 0.15) is 39.2 Å². The van der Waals surface area contributed by atoms with Crippen molar-refractivity contribution < 1.29 is 14.3 Å². The summed E-state index contributed by atoms with van der Waals surface area (Å²) in [4.78, 5) is 12.0. The van der Waals surface area contributed by atoms with Gasteiger partial charge in [-0.05, 0) is 38.3 Å². The van der Waals surface area contributed by atoms with Crippen molar-refractivity contribution in [1.29, 1.82) is 0 Å². The van der Waals surface area contributed by atoms with Crippen molar-refractivity contribution in [3.63, 3.8) is 0 Å². The molecular formula is C16H25FN2O2. The van der Waals surface area contributed by atoms with Crippen molar-refractivity contribution in [3.8, 4) is 0 Å². The Morgan fingerprint density at radius 3 is 2.67 bits per heavy atom. The molecule has 1 rings (SSSR count). The number of hydrogen-bond acceptors (Lipinski definition) is 2. The van der Waals surface area contributed by atoms with Gasteiger partial charge in [-0.2, -0.15) is 0 Å². The second-order valence-electron chi connectivity index (χ2n) is 5.76. The van der Waals surface area contributed by atoms with Crippen LogP contribution in [0.2, 0.25) is 0 Å². The summed E-state index contributed by atoms with van der Waals surface area (Å²) in [5.74, 6) is -0.266. The number of rotatable bonds is 7. The van der Waals surface area contributed by atoms with Gasteiger partial charge < -0.3 is 15.7 Å². The number of hydrogen-bond donors (Lipinski definition) is 3. The molecule has 0 saturated heterocycles. The summed E-state index contributed by atoms with van der Waals surface area (Å²) < 4.78 is 13.6. The van der Waals surface area contributed by atoms with E-state index in [0.717, 1.165) is 6.42 Å². The Hall–Kier alpha value is -1.62. The van der Waals surface area contributed by atoms with Gasteiger partial charge in [0.2, 0.25) is 0 Å². The number of carbonyl (C=O) groups excluding carboxylic acids is 1. The molecule has 0 saturated carbocycles. The zero-order valence-corrected chi connectivity index (χ0v) is 12.9. The van der Waals surface area contributed by atoms with Crippen LogP contribution in [0.3, 0.4) is 0 Å². The third-order valence-corrected chi connectivity index (χ3v) is 3.43. The summed E-state index contributed by atoms with van der Waals surface area (Å²) in [6.07, 6.45) is 1.98. The topological polar surface area (TPSA) is 61.4 Å². The van der Waals surface area contributed by atoms with Gasteiger partial charge in [0, 0.05) is 6.04 Å². The van der Waals surface area contributed by atoms with E-state index in [0.29, 0.717) is 18.4 Å². The summed E-state index contributed by atoms with van der Waals surface area (Å²) in [6, 6.07) is 5.98. The van der Waals surface area contributed by atoms with Crippen LogP contribution < -0.4 is 10.6 Å². The second kappa shape index (κ2) is 7.98. The van der Waals surface area contributed by atoms with Crippen molar-refractivity contribution in [1.82, 2.24) is 10.6 Å². The Bertz CT molecular complexity index is 467. The highest BCUT2D eigenvalue weighted by atomic mass is 19.1. The normalized spacial score (nSPS) is 15.1. The molecule has 0 heterocycles. The Morgan fingerprint density at radius 2 is 2.10 bits per heavy atom. The van der Waals surface area contributed by atoms with Crippen LogP contribution in [0.5, 0.6) is 0 Å². The first kappa shape index (κ1) is 17.4. The lowest BCUT2D eigenvalue weighted by Gasteiger charge is -2.29. The number of urea groups is 1. The van der Waals surface area contributed by atoms with Gasteiger partial charge in [0.15, 0.2) is 0 Å². The number of amides is 2. The highest BCUT2D eigenvalue weighted by Crippen LogP contribution is 2.12. The SMILES string of the molecule is CCCC(C)(CO)NC(=O)NC(C)Cc1ccccc1F. The average Bonchev–Trinajstić information content (AvgIpc) is 2.41. The fourth-order valence-corrected chi connectivity index (χ4v) is 2.31. The van der Waals surface area contributed by atoms with E-state index in [-0.39, 0.29) is 24.5 Å². The third kappa shape index (κ3) is 5.71. The third-order valence-electron chi connectivity index (χ3n) is 3.43. The van der Waals surface area contributed by atoms with Gasteiger partial charge in [0.05, 0.1) is 12.1 Å². The largest absolute Gasteiger partial charge is 0.394 e. The summed E-state index contributed by atoms with van der Waals surface area (Å²) in [5, 5.41) is 14.9. The van der Waals surface area contributed by atoms with Gasteiger partial charge in [-0.15, -0.1) is 0 Å². The highest BCUT2D eigenvalue weighted by Gasteiger charge is 2.25. The zero-order valence-electron chi connectivity index (χ0n) is 12.9. The monoisotopic (exact) mass is 296 g/mol. The maximum Gasteiger partial charge on any atom is 0.315 e. The predicted molar refractivity (Wildman–Crippen MR) is 81.6 cm³/mol. The lowest BCUT2D eigenvalue weighted by molar-refractivity contribution is 0.162. The highest BCUT2D eigenvalue weighted by molar-refractivity contribution is 5.75. The molecule has 1 aromatic rings. The Labute approximate surface area is 125 Å². The fraction of sp³-hybridized carbons (Fsp3) is 0.562. The molecule has 2 atom stereocenters. The molecule has 118 valence electrons. The first-order chi connectivity index (χ1) is 9.90. The van der Waals surface area contributed by atoms with E-state index in [4.69, 9.17) is 0 Å². The minimum Gasteiger partial charge on any atom is -0.394 e.